The number of carbonyl (C=O) groups excluding carboxylic acids is 1. The number of H-pyrrole nitrogens is 1. The van der Waals surface area contributed by atoms with Gasteiger partial charge in [0.1, 0.15) is 16.6 Å². The maximum atomic E-state index is 13.2. The Bertz CT molecular complexity index is 934. The number of nitrogens with zero attached hydrogens (tertiary/aromatic N) is 4. The Morgan fingerprint density at radius 1 is 1.42 bits per heavy atom. The van der Waals surface area contributed by atoms with E-state index in [2.05, 4.69) is 25.5 Å². The van der Waals surface area contributed by atoms with Crippen LogP contribution in [0.5, 0.6) is 0 Å². The van der Waals surface area contributed by atoms with Gasteiger partial charge in [-0.05, 0) is 38.1 Å². The maximum absolute atomic E-state index is 13.2. The van der Waals surface area contributed by atoms with E-state index < -0.39 is 0 Å². The van der Waals surface area contributed by atoms with Gasteiger partial charge in [0, 0.05) is 18.9 Å². The molecule has 7 nitrogen and oxygen atoms in total. The molecule has 4 rings (SSSR count). The predicted octanol–water partition coefficient (Wildman–Crippen LogP) is 2.89. The van der Waals surface area contributed by atoms with E-state index in [1.54, 1.807) is 6.07 Å². The van der Waals surface area contributed by atoms with Gasteiger partial charge in [0.15, 0.2) is 0 Å². The van der Waals surface area contributed by atoms with Crippen LogP contribution in [0.1, 0.15) is 36.0 Å². The molecule has 0 bridgehead atoms. The van der Waals surface area contributed by atoms with Crippen LogP contribution in [0.3, 0.4) is 0 Å². The zero-order chi connectivity index (χ0) is 18.1. The lowest BCUT2D eigenvalue weighted by Crippen LogP contribution is -2.24. The molecule has 0 saturated heterocycles. The number of aromatic nitrogens is 4. The Morgan fingerprint density at radius 2 is 2.27 bits per heavy atom. The quantitative estimate of drug-likeness (QED) is 0.664. The summed E-state index contributed by atoms with van der Waals surface area (Å²) in [7, 11) is 1.91. The van der Waals surface area contributed by atoms with Crippen molar-refractivity contribution in [2.24, 2.45) is 0 Å². The number of anilines is 1. The smallest absolute Gasteiger partial charge is 0.227 e. The fourth-order valence-electron chi connectivity index (χ4n) is 2.70. The van der Waals surface area contributed by atoms with Crippen LogP contribution in [0.25, 0.3) is 11.0 Å². The summed E-state index contributed by atoms with van der Waals surface area (Å²) in [6.45, 7) is 1.12. The second-order valence-corrected chi connectivity index (χ2v) is 7.61. The number of aromatic amines is 1. The zero-order valence-electron chi connectivity index (χ0n) is 14.3. The van der Waals surface area contributed by atoms with Gasteiger partial charge in [-0.1, -0.05) is 11.3 Å². The lowest BCUT2D eigenvalue weighted by atomic mass is 10.3. The molecular formula is C17H19FN6OS. The van der Waals surface area contributed by atoms with E-state index in [1.165, 1.54) is 36.3 Å². The van der Waals surface area contributed by atoms with Gasteiger partial charge in [0.25, 0.3) is 0 Å². The third kappa shape index (κ3) is 4.05. The number of hydrogen-bond donors (Lipinski definition) is 2. The van der Waals surface area contributed by atoms with E-state index in [1.807, 2.05) is 11.9 Å². The molecule has 0 unspecified atom stereocenters. The highest BCUT2D eigenvalue weighted by atomic mass is 32.1. The predicted molar refractivity (Wildman–Crippen MR) is 97.5 cm³/mol. The Balaban J connectivity index is 1.26. The standard InChI is InChI=1S/C17H19FN6OS/c1-24(9-14-19-12-5-4-11(18)8-13(12)20-14)7-6-15(25)21-17-23-22-16(26-17)10-2-3-10/h4-5,8,10H,2-3,6-7,9H2,1H3,(H,19,20)(H,21,23,25). The van der Waals surface area contributed by atoms with Gasteiger partial charge in [-0.25, -0.2) is 9.37 Å². The minimum Gasteiger partial charge on any atom is -0.341 e. The van der Waals surface area contributed by atoms with Crippen LogP contribution in [-0.2, 0) is 11.3 Å². The Labute approximate surface area is 153 Å². The number of carbonyl (C=O) groups is 1. The first-order valence-corrected chi connectivity index (χ1v) is 9.34. The van der Waals surface area contributed by atoms with Gasteiger partial charge < -0.3 is 10.3 Å². The summed E-state index contributed by atoms with van der Waals surface area (Å²) < 4.78 is 13.2. The summed E-state index contributed by atoms with van der Waals surface area (Å²) in [5.74, 6) is 0.912. The molecule has 1 saturated carbocycles. The number of halogens is 1. The van der Waals surface area contributed by atoms with Crippen molar-refractivity contribution in [3.05, 3.63) is 34.8 Å². The van der Waals surface area contributed by atoms with Crippen LogP contribution in [0, 0.1) is 5.82 Å². The zero-order valence-corrected chi connectivity index (χ0v) is 15.1. The van der Waals surface area contributed by atoms with Crippen molar-refractivity contribution in [3.8, 4) is 0 Å². The molecule has 2 aromatic heterocycles. The van der Waals surface area contributed by atoms with Crippen LogP contribution in [0.4, 0.5) is 9.52 Å². The molecule has 2 N–H and O–H groups in total. The van der Waals surface area contributed by atoms with Gasteiger partial charge in [0.05, 0.1) is 17.6 Å². The summed E-state index contributed by atoms with van der Waals surface area (Å²) in [5, 5.41) is 12.5. The lowest BCUT2D eigenvalue weighted by molar-refractivity contribution is -0.116. The number of imidazole rings is 1. The first-order chi connectivity index (χ1) is 12.6. The van der Waals surface area contributed by atoms with Crippen molar-refractivity contribution in [1.29, 1.82) is 0 Å². The van der Waals surface area contributed by atoms with E-state index in [-0.39, 0.29) is 11.7 Å². The molecule has 1 aromatic carbocycles. The van der Waals surface area contributed by atoms with Crippen molar-refractivity contribution in [2.45, 2.75) is 31.7 Å². The molecule has 1 amide bonds. The molecule has 0 radical (unpaired) electrons. The largest absolute Gasteiger partial charge is 0.341 e. The number of hydrogen-bond acceptors (Lipinski definition) is 6. The highest BCUT2D eigenvalue weighted by Crippen LogP contribution is 2.42. The third-order valence-electron chi connectivity index (χ3n) is 4.25. The molecule has 9 heteroatoms. The van der Waals surface area contributed by atoms with Crippen molar-refractivity contribution >= 4 is 33.4 Å². The molecule has 2 heterocycles. The Hall–Kier alpha value is -2.39. The van der Waals surface area contributed by atoms with Gasteiger partial charge in [-0.3, -0.25) is 9.69 Å². The van der Waals surface area contributed by atoms with E-state index in [4.69, 9.17) is 0 Å². The summed E-state index contributed by atoms with van der Waals surface area (Å²) in [6, 6.07) is 4.47. The summed E-state index contributed by atoms with van der Waals surface area (Å²) >= 11 is 1.46. The van der Waals surface area contributed by atoms with Crippen LogP contribution < -0.4 is 5.32 Å². The van der Waals surface area contributed by atoms with E-state index in [0.29, 0.717) is 36.1 Å². The lowest BCUT2D eigenvalue weighted by Gasteiger charge is -2.14. The van der Waals surface area contributed by atoms with E-state index in [0.717, 1.165) is 16.3 Å². The molecule has 1 aliphatic carbocycles. The highest BCUT2D eigenvalue weighted by Gasteiger charge is 2.27. The number of rotatable bonds is 7. The third-order valence-corrected chi connectivity index (χ3v) is 5.25. The van der Waals surface area contributed by atoms with Gasteiger partial charge in [-0.15, -0.1) is 10.2 Å². The molecule has 1 aliphatic rings. The van der Waals surface area contributed by atoms with Crippen LogP contribution in [0.2, 0.25) is 0 Å². The Morgan fingerprint density at radius 3 is 3.08 bits per heavy atom. The fraction of sp³-hybridized carbons (Fsp3) is 0.412. The van der Waals surface area contributed by atoms with Crippen LogP contribution in [-0.4, -0.2) is 44.6 Å². The first-order valence-electron chi connectivity index (χ1n) is 8.53. The van der Waals surface area contributed by atoms with Crippen molar-refractivity contribution in [3.63, 3.8) is 0 Å². The molecule has 136 valence electrons. The summed E-state index contributed by atoms with van der Waals surface area (Å²) in [4.78, 5) is 21.6. The summed E-state index contributed by atoms with van der Waals surface area (Å²) in [6.07, 6.45) is 2.69. The number of fused-ring (bicyclic) bond motifs is 1. The van der Waals surface area contributed by atoms with Crippen molar-refractivity contribution in [2.75, 3.05) is 18.9 Å². The van der Waals surface area contributed by atoms with E-state index in [9.17, 15) is 9.18 Å². The summed E-state index contributed by atoms with van der Waals surface area (Å²) in [5.41, 5.74) is 1.41. The average Bonchev–Trinajstić information content (AvgIpc) is 3.22. The van der Waals surface area contributed by atoms with Crippen molar-refractivity contribution in [1.82, 2.24) is 25.1 Å². The molecule has 26 heavy (non-hydrogen) atoms. The molecule has 0 aliphatic heterocycles. The molecule has 0 spiro atoms. The second kappa shape index (κ2) is 7.08. The average molecular weight is 374 g/mol. The monoisotopic (exact) mass is 374 g/mol. The minimum atomic E-state index is -0.292. The Kier molecular flexibility index (Phi) is 4.64. The SMILES string of the molecule is CN(CCC(=O)Nc1nnc(C2CC2)s1)Cc1nc2ccc(F)cc2[nH]1. The highest BCUT2D eigenvalue weighted by molar-refractivity contribution is 7.15. The molecule has 3 aromatic rings. The number of nitrogens with one attached hydrogen (secondary N) is 2. The number of amides is 1. The van der Waals surface area contributed by atoms with Crippen molar-refractivity contribution < 1.29 is 9.18 Å². The topological polar surface area (TPSA) is 86.8 Å². The normalized spacial score (nSPS) is 14.3. The minimum absolute atomic E-state index is 0.0815. The molecular weight excluding hydrogens is 355 g/mol. The number of benzene rings is 1. The fourth-order valence-corrected chi connectivity index (χ4v) is 3.63. The van der Waals surface area contributed by atoms with Gasteiger partial charge >= 0.3 is 0 Å². The molecule has 0 atom stereocenters. The molecule has 1 fully saturated rings. The first kappa shape index (κ1) is 17.0. The van der Waals surface area contributed by atoms with Gasteiger partial charge in [0.2, 0.25) is 11.0 Å². The van der Waals surface area contributed by atoms with Crippen LogP contribution in [0.15, 0.2) is 18.2 Å². The van der Waals surface area contributed by atoms with E-state index >= 15 is 0 Å². The van der Waals surface area contributed by atoms with Crippen LogP contribution >= 0.6 is 11.3 Å². The maximum Gasteiger partial charge on any atom is 0.227 e. The van der Waals surface area contributed by atoms with Gasteiger partial charge in [-0.2, -0.15) is 0 Å². The second-order valence-electron chi connectivity index (χ2n) is 6.60.